The first-order chi connectivity index (χ1) is 15.6. The third-order valence-electron chi connectivity index (χ3n) is 6.72. The Morgan fingerprint density at radius 3 is 2.70 bits per heavy atom. The topological polar surface area (TPSA) is 109 Å². The summed E-state index contributed by atoms with van der Waals surface area (Å²) in [4.78, 5) is 30.1. The summed E-state index contributed by atoms with van der Waals surface area (Å²) in [6, 6.07) is 8.97. The van der Waals surface area contributed by atoms with Gasteiger partial charge in [-0.15, -0.1) is 0 Å². The van der Waals surface area contributed by atoms with Gasteiger partial charge < -0.3 is 21.7 Å². The van der Waals surface area contributed by atoms with Crippen LogP contribution in [0.15, 0.2) is 36.4 Å². The number of hydrogen-bond acceptors (Lipinski definition) is 5. The van der Waals surface area contributed by atoms with Gasteiger partial charge in [0.25, 0.3) is 0 Å². The quantitative estimate of drug-likeness (QED) is 0.537. The molecule has 4 rings (SSSR count). The maximum absolute atomic E-state index is 13.1. The van der Waals surface area contributed by atoms with Crippen LogP contribution in [0, 0.1) is 11.7 Å². The minimum atomic E-state index is -0.663. The number of nitrogens with two attached hydrogens (primary N) is 1. The molecule has 5 N–H and O–H groups in total. The van der Waals surface area contributed by atoms with Gasteiger partial charge in [0.2, 0.25) is 11.8 Å². The van der Waals surface area contributed by atoms with Crippen molar-refractivity contribution in [1.29, 1.82) is 0 Å². The standard InChI is InChI=1S/C25H32FN5O2/c1-14(23(32)30-20-12-25(2,3)22-18(20)8-9-21(27)31-22)29-24(33)19-11-16(13-28-19)10-15-4-6-17(26)7-5-15/h4-9,14,16,19-20,28H,10-13H2,1-3H3,(H2,27,31)(H,29,33)(H,30,32)/t14-,16?,19?,20-/m0/s1. The van der Waals surface area contributed by atoms with E-state index in [0.717, 1.165) is 29.7 Å². The monoisotopic (exact) mass is 453 g/mol. The van der Waals surface area contributed by atoms with Gasteiger partial charge in [-0.3, -0.25) is 9.59 Å². The molecule has 1 saturated heterocycles. The summed E-state index contributed by atoms with van der Waals surface area (Å²) in [6.07, 6.45) is 2.18. The predicted molar refractivity (Wildman–Crippen MR) is 125 cm³/mol. The van der Waals surface area contributed by atoms with Gasteiger partial charge in [-0.05, 0) is 68.0 Å². The van der Waals surface area contributed by atoms with Crippen LogP contribution in [-0.2, 0) is 21.4 Å². The Morgan fingerprint density at radius 1 is 1.24 bits per heavy atom. The minimum absolute atomic E-state index is 0.167. The average molecular weight is 454 g/mol. The van der Waals surface area contributed by atoms with E-state index in [1.54, 1.807) is 25.1 Å². The Bertz CT molecular complexity index is 1040. The van der Waals surface area contributed by atoms with Crippen molar-refractivity contribution >= 4 is 17.6 Å². The highest BCUT2D eigenvalue weighted by atomic mass is 19.1. The summed E-state index contributed by atoms with van der Waals surface area (Å²) in [5, 5.41) is 9.16. The number of amides is 2. The van der Waals surface area contributed by atoms with E-state index in [4.69, 9.17) is 5.73 Å². The number of pyridine rings is 1. The third-order valence-corrected chi connectivity index (χ3v) is 6.72. The molecular weight excluding hydrogens is 421 g/mol. The van der Waals surface area contributed by atoms with E-state index in [1.165, 1.54) is 12.1 Å². The van der Waals surface area contributed by atoms with Gasteiger partial charge in [0.1, 0.15) is 17.7 Å². The van der Waals surface area contributed by atoms with Crippen LogP contribution in [0.3, 0.4) is 0 Å². The van der Waals surface area contributed by atoms with Gasteiger partial charge in [0.05, 0.1) is 17.8 Å². The number of rotatable bonds is 6. The van der Waals surface area contributed by atoms with E-state index < -0.39 is 6.04 Å². The van der Waals surface area contributed by atoms with Crippen LogP contribution in [0.1, 0.15) is 56.5 Å². The molecule has 1 aromatic heterocycles. The van der Waals surface area contributed by atoms with Crippen molar-refractivity contribution in [1.82, 2.24) is 20.9 Å². The molecule has 7 nitrogen and oxygen atoms in total. The van der Waals surface area contributed by atoms with Gasteiger partial charge in [-0.2, -0.15) is 0 Å². The molecule has 2 unspecified atom stereocenters. The van der Waals surface area contributed by atoms with Crippen molar-refractivity contribution in [3.63, 3.8) is 0 Å². The SMILES string of the molecule is C[C@H](NC(=O)C1CC(Cc2ccc(F)cc2)CN1)C(=O)N[C@H]1CC(C)(C)c2nc(N)ccc21. The fourth-order valence-corrected chi connectivity index (χ4v) is 4.95. The van der Waals surface area contributed by atoms with E-state index in [0.29, 0.717) is 18.8 Å². The van der Waals surface area contributed by atoms with Crippen molar-refractivity contribution < 1.29 is 14.0 Å². The molecule has 1 fully saturated rings. The largest absolute Gasteiger partial charge is 0.384 e. The van der Waals surface area contributed by atoms with Gasteiger partial charge in [-0.1, -0.05) is 32.0 Å². The fourth-order valence-electron chi connectivity index (χ4n) is 4.95. The van der Waals surface area contributed by atoms with Crippen LogP contribution < -0.4 is 21.7 Å². The molecule has 2 aromatic rings. The first kappa shape index (κ1) is 23.2. The number of fused-ring (bicyclic) bond motifs is 1. The number of nitrogen functional groups attached to an aromatic ring is 1. The molecule has 1 aromatic carbocycles. The minimum Gasteiger partial charge on any atom is -0.384 e. The van der Waals surface area contributed by atoms with Crippen LogP contribution in [0.2, 0.25) is 0 Å². The van der Waals surface area contributed by atoms with Gasteiger partial charge in [0, 0.05) is 5.41 Å². The first-order valence-electron chi connectivity index (χ1n) is 11.5. The predicted octanol–water partition coefficient (Wildman–Crippen LogP) is 2.37. The van der Waals surface area contributed by atoms with E-state index in [1.807, 2.05) is 6.07 Å². The second kappa shape index (κ2) is 9.09. The molecule has 176 valence electrons. The van der Waals surface area contributed by atoms with Gasteiger partial charge in [0.15, 0.2) is 0 Å². The van der Waals surface area contributed by atoms with Gasteiger partial charge >= 0.3 is 0 Å². The molecule has 0 spiro atoms. The first-order valence-corrected chi connectivity index (χ1v) is 11.5. The number of anilines is 1. The lowest BCUT2D eigenvalue weighted by molar-refractivity contribution is -0.129. The number of nitrogens with zero attached hydrogens (tertiary/aromatic N) is 1. The number of aromatic nitrogens is 1. The van der Waals surface area contributed by atoms with Crippen molar-refractivity contribution in [3.05, 3.63) is 59.0 Å². The highest BCUT2D eigenvalue weighted by molar-refractivity contribution is 5.90. The highest BCUT2D eigenvalue weighted by Crippen LogP contribution is 2.43. The average Bonchev–Trinajstić information content (AvgIpc) is 3.32. The zero-order chi connectivity index (χ0) is 23.8. The zero-order valence-corrected chi connectivity index (χ0v) is 19.3. The molecule has 4 atom stereocenters. The Balaban J connectivity index is 1.30. The lowest BCUT2D eigenvalue weighted by Crippen LogP contribution is -2.50. The second-order valence-corrected chi connectivity index (χ2v) is 9.95. The second-order valence-electron chi connectivity index (χ2n) is 9.95. The van der Waals surface area contributed by atoms with Crippen LogP contribution in [-0.4, -0.2) is 35.4 Å². The number of halogens is 1. The summed E-state index contributed by atoms with van der Waals surface area (Å²) < 4.78 is 13.1. The maximum Gasteiger partial charge on any atom is 0.242 e. The van der Waals surface area contributed by atoms with Crippen LogP contribution in [0.4, 0.5) is 10.2 Å². The lowest BCUT2D eigenvalue weighted by Gasteiger charge is -2.21. The molecule has 0 radical (unpaired) electrons. The maximum atomic E-state index is 13.1. The lowest BCUT2D eigenvalue weighted by atomic mass is 9.90. The van der Waals surface area contributed by atoms with E-state index >= 15 is 0 Å². The summed E-state index contributed by atoms with van der Waals surface area (Å²) in [7, 11) is 0. The van der Waals surface area contributed by atoms with Crippen LogP contribution in [0.25, 0.3) is 0 Å². The van der Waals surface area contributed by atoms with Crippen molar-refractivity contribution in [2.45, 2.75) is 63.6 Å². The normalized spacial score (nSPS) is 24.2. The zero-order valence-electron chi connectivity index (χ0n) is 19.3. The number of hydrogen-bond donors (Lipinski definition) is 4. The number of carbonyl (C=O) groups is 2. The van der Waals surface area contributed by atoms with E-state index in [9.17, 15) is 14.0 Å². The molecule has 33 heavy (non-hydrogen) atoms. The Kier molecular flexibility index (Phi) is 6.38. The Morgan fingerprint density at radius 2 is 1.97 bits per heavy atom. The number of benzene rings is 1. The van der Waals surface area contributed by atoms with Gasteiger partial charge in [-0.25, -0.2) is 9.37 Å². The van der Waals surface area contributed by atoms with Crippen molar-refractivity contribution in [2.24, 2.45) is 5.92 Å². The molecule has 0 bridgehead atoms. The van der Waals surface area contributed by atoms with E-state index in [-0.39, 0.29) is 41.0 Å². The molecule has 1 aliphatic heterocycles. The molecule has 1 aliphatic carbocycles. The molecule has 2 heterocycles. The van der Waals surface area contributed by atoms with Crippen molar-refractivity contribution in [3.8, 4) is 0 Å². The van der Waals surface area contributed by atoms with Crippen molar-refractivity contribution in [2.75, 3.05) is 12.3 Å². The summed E-state index contributed by atoms with van der Waals surface area (Å²) in [6.45, 7) is 6.58. The van der Waals surface area contributed by atoms with E-state index in [2.05, 4.69) is 34.8 Å². The Hall–Kier alpha value is -3.00. The third kappa shape index (κ3) is 5.16. The summed E-state index contributed by atoms with van der Waals surface area (Å²) in [5.74, 6) is 0.0946. The molecule has 2 amide bonds. The number of carbonyl (C=O) groups excluding carboxylic acids is 2. The summed E-state index contributed by atoms with van der Waals surface area (Å²) >= 11 is 0. The molecular formula is C25H32FN5O2. The molecule has 2 aliphatic rings. The smallest absolute Gasteiger partial charge is 0.242 e. The molecule has 0 saturated carbocycles. The summed E-state index contributed by atoms with van der Waals surface area (Å²) in [5.41, 5.74) is 8.59. The fraction of sp³-hybridized carbons (Fsp3) is 0.480. The molecule has 8 heteroatoms. The Labute approximate surface area is 193 Å². The van der Waals surface area contributed by atoms with Crippen LogP contribution in [0.5, 0.6) is 0 Å². The van der Waals surface area contributed by atoms with Crippen LogP contribution >= 0.6 is 0 Å². The highest BCUT2D eigenvalue weighted by Gasteiger charge is 2.40. The number of nitrogens with one attached hydrogen (secondary N) is 3.